The zero-order valence-electron chi connectivity index (χ0n) is 22.9. The molecular weight excluding hydrogens is 545 g/mol. The number of benzene rings is 7. The van der Waals surface area contributed by atoms with Crippen LogP contribution in [0, 0.1) is 0 Å². The van der Waals surface area contributed by atoms with Crippen LogP contribution in [0.5, 0.6) is 0 Å². The van der Waals surface area contributed by atoms with Crippen molar-refractivity contribution in [3.63, 3.8) is 0 Å². The van der Waals surface area contributed by atoms with Gasteiger partial charge in [-0.15, -0.1) is 11.3 Å². The minimum Gasteiger partial charge on any atom is -0.435 e. The second-order valence-corrected chi connectivity index (χ2v) is 12.2. The van der Waals surface area contributed by atoms with E-state index in [1.54, 1.807) is 11.3 Å². The molecule has 0 aliphatic rings. The minimum atomic E-state index is 0.642. The van der Waals surface area contributed by atoms with E-state index < -0.39 is 0 Å². The number of hydrogen-bond donors (Lipinski definition) is 0. The van der Waals surface area contributed by atoms with E-state index in [4.69, 9.17) is 9.40 Å². The van der Waals surface area contributed by atoms with Gasteiger partial charge in [0.1, 0.15) is 5.52 Å². The number of thiophene rings is 1. The highest BCUT2D eigenvalue weighted by molar-refractivity contribution is 7.26. The van der Waals surface area contributed by atoms with E-state index in [0.717, 1.165) is 27.7 Å². The van der Waals surface area contributed by atoms with Crippen LogP contribution in [0.15, 0.2) is 138 Å². The fraction of sp³-hybridized carbons (Fsp3) is 0. The Hall–Kier alpha value is -5.45. The predicted octanol–water partition coefficient (Wildman–Crippen LogP) is 11.3. The number of aromatic nitrogens is 2. The Morgan fingerprint density at radius 2 is 1.14 bits per heavy atom. The first-order chi connectivity index (χ1) is 21.3. The molecular formula is C39H22N2OS. The third-order valence-corrected chi connectivity index (χ3v) is 9.95. The molecule has 0 radical (unpaired) electrons. The van der Waals surface area contributed by atoms with Gasteiger partial charge in [0.15, 0.2) is 5.58 Å². The molecule has 3 aromatic heterocycles. The molecule has 0 fully saturated rings. The van der Waals surface area contributed by atoms with Crippen LogP contribution >= 0.6 is 11.3 Å². The Morgan fingerprint density at radius 1 is 0.512 bits per heavy atom. The molecule has 200 valence electrons. The van der Waals surface area contributed by atoms with Crippen molar-refractivity contribution in [2.24, 2.45) is 0 Å². The van der Waals surface area contributed by atoms with E-state index in [2.05, 4.69) is 138 Å². The molecule has 0 aliphatic carbocycles. The topological polar surface area (TPSA) is 31.0 Å². The van der Waals surface area contributed by atoms with Crippen LogP contribution in [0.3, 0.4) is 0 Å². The van der Waals surface area contributed by atoms with Crippen molar-refractivity contribution in [3.05, 3.63) is 133 Å². The number of fused-ring (bicyclic) bond motifs is 12. The first-order valence-electron chi connectivity index (χ1n) is 14.5. The van der Waals surface area contributed by atoms with Crippen LogP contribution in [-0.4, -0.2) is 9.55 Å². The maximum atomic E-state index is 6.49. The van der Waals surface area contributed by atoms with Gasteiger partial charge in [0, 0.05) is 42.2 Å². The summed E-state index contributed by atoms with van der Waals surface area (Å²) in [6.07, 6.45) is 0. The number of hydrogen-bond acceptors (Lipinski definition) is 3. The second-order valence-electron chi connectivity index (χ2n) is 11.1. The van der Waals surface area contributed by atoms with Crippen LogP contribution < -0.4 is 0 Å². The first kappa shape index (κ1) is 23.1. The maximum Gasteiger partial charge on any atom is 0.227 e. The highest BCUT2D eigenvalue weighted by Gasteiger charge is 2.18. The molecule has 0 atom stereocenters. The number of rotatable bonds is 2. The standard InChI is InChI=1S/C39H22N2OS/c1-3-9-27-23(7-1)15-20-31-35(27)36-28-10-4-2-8-24(28)16-21-32(36)41(31)26-17-13-25(14-18-26)39-40-30-19-22-34-37(38(30)42-39)29-11-5-6-12-33(29)43-34/h1-22H. The van der Waals surface area contributed by atoms with Crippen LogP contribution in [0.1, 0.15) is 0 Å². The molecule has 0 unspecified atom stereocenters. The van der Waals surface area contributed by atoms with Crippen molar-refractivity contribution in [1.82, 2.24) is 9.55 Å². The smallest absolute Gasteiger partial charge is 0.227 e. The van der Waals surface area contributed by atoms with Crippen molar-refractivity contribution < 1.29 is 4.42 Å². The summed E-state index contributed by atoms with van der Waals surface area (Å²) in [6, 6.07) is 47.7. The van der Waals surface area contributed by atoms with Gasteiger partial charge in [-0.2, -0.15) is 0 Å². The van der Waals surface area contributed by atoms with Crippen molar-refractivity contribution in [2.75, 3.05) is 0 Å². The fourth-order valence-electron chi connectivity index (χ4n) is 6.90. The van der Waals surface area contributed by atoms with Gasteiger partial charge < -0.3 is 8.98 Å². The van der Waals surface area contributed by atoms with Crippen molar-refractivity contribution in [1.29, 1.82) is 0 Å². The molecule has 0 amide bonds. The van der Waals surface area contributed by atoms with E-state index in [-0.39, 0.29) is 0 Å². The van der Waals surface area contributed by atoms with Gasteiger partial charge in [0.05, 0.1) is 11.0 Å². The van der Waals surface area contributed by atoms with Gasteiger partial charge in [-0.1, -0.05) is 78.9 Å². The summed E-state index contributed by atoms with van der Waals surface area (Å²) < 4.78 is 11.4. The molecule has 3 heterocycles. The van der Waals surface area contributed by atoms with E-state index in [1.165, 1.54) is 58.1 Å². The van der Waals surface area contributed by atoms with E-state index in [9.17, 15) is 0 Å². The van der Waals surface area contributed by atoms with Gasteiger partial charge in [0.2, 0.25) is 5.89 Å². The lowest BCUT2D eigenvalue weighted by Gasteiger charge is -2.09. The summed E-state index contributed by atoms with van der Waals surface area (Å²) >= 11 is 1.79. The molecule has 43 heavy (non-hydrogen) atoms. The quantitative estimate of drug-likeness (QED) is 0.208. The summed E-state index contributed by atoms with van der Waals surface area (Å²) in [5.41, 5.74) is 6.21. The molecule has 0 saturated heterocycles. The summed E-state index contributed by atoms with van der Waals surface area (Å²) in [5.74, 6) is 0.642. The van der Waals surface area contributed by atoms with Gasteiger partial charge in [0.25, 0.3) is 0 Å². The summed E-state index contributed by atoms with van der Waals surface area (Å²) in [5, 5.41) is 10.0. The highest BCUT2D eigenvalue weighted by Crippen LogP contribution is 2.42. The van der Waals surface area contributed by atoms with E-state index >= 15 is 0 Å². The van der Waals surface area contributed by atoms with Gasteiger partial charge >= 0.3 is 0 Å². The number of nitrogens with zero attached hydrogens (tertiary/aromatic N) is 2. The maximum absolute atomic E-state index is 6.49. The number of oxazole rings is 1. The Bertz CT molecular complexity index is 2630. The van der Waals surface area contributed by atoms with Gasteiger partial charge in [-0.3, -0.25) is 0 Å². The second kappa shape index (κ2) is 8.54. The molecule has 4 heteroatoms. The van der Waals surface area contributed by atoms with Crippen LogP contribution in [0.25, 0.3) is 91.8 Å². The Labute approximate surface area is 249 Å². The summed E-state index contributed by atoms with van der Waals surface area (Å²) in [6.45, 7) is 0. The Balaban J connectivity index is 1.19. The first-order valence-corrected chi connectivity index (χ1v) is 15.3. The predicted molar refractivity (Wildman–Crippen MR) is 182 cm³/mol. The zero-order valence-corrected chi connectivity index (χ0v) is 23.7. The average Bonchev–Trinajstić information content (AvgIpc) is 3.76. The average molecular weight is 567 g/mol. The molecule has 10 rings (SSSR count). The lowest BCUT2D eigenvalue weighted by molar-refractivity contribution is 0.623. The largest absolute Gasteiger partial charge is 0.435 e. The molecule has 0 N–H and O–H groups in total. The normalized spacial score (nSPS) is 12.2. The monoisotopic (exact) mass is 566 g/mol. The van der Waals surface area contributed by atoms with Crippen LogP contribution in [0.4, 0.5) is 0 Å². The molecule has 0 saturated carbocycles. The lowest BCUT2D eigenvalue weighted by atomic mass is 10.00. The molecule has 0 aliphatic heterocycles. The van der Waals surface area contributed by atoms with Crippen molar-refractivity contribution in [2.45, 2.75) is 0 Å². The third-order valence-electron chi connectivity index (χ3n) is 8.81. The van der Waals surface area contributed by atoms with Crippen LogP contribution in [-0.2, 0) is 0 Å². The van der Waals surface area contributed by atoms with Crippen molar-refractivity contribution >= 4 is 86.0 Å². The van der Waals surface area contributed by atoms with Gasteiger partial charge in [-0.05, 0) is 76.1 Å². The van der Waals surface area contributed by atoms with Crippen LogP contribution in [0.2, 0.25) is 0 Å². The Kier molecular flexibility index (Phi) is 4.60. The molecule has 7 aromatic carbocycles. The van der Waals surface area contributed by atoms with E-state index in [1.807, 2.05) is 0 Å². The molecule has 0 spiro atoms. The lowest BCUT2D eigenvalue weighted by Crippen LogP contribution is -1.94. The molecule has 3 nitrogen and oxygen atoms in total. The van der Waals surface area contributed by atoms with Gasteiger partial charge in [-0.25, -0.2) is 4.98 Å². The van der Waals surface area contributed by atoms with Crippen molar-refractivity contribution in [3.8, 4) is 17.1 Å². The SMILES string of the molecule is c1ccc2c(c1)ccc1c2c2c3ccccc3ccc2n1-c1ccc(-c2nc3ccc4sc5ccccc5c4c3o2)cc1. The summed E-state index contributed by atoms with van der Waals surface area (Å²) in [7, 11) is 0. The zero-order chi connectivity index (χ0) is 28.1. The summed E-state index contributed by atoms with van der Waals surface area (Å²) in [4.78, 5) is 4.91. The fourth-order valence-corrected chi connectivity index (χ4v) is 8.00. The highest BCUT2D eigenvalue weighted by atomic mass is 32.1. The third kappa shape index (κ3) is 3.21. The van der Waals surface area contributed by atoms with E-state index in [0.29, 0.717) is 5.89 Å². The molecule has 10 aromatic rings. The minimum absolute atomic E-state index is 0.642. The molecule has 0 bridgehead atoms. The Morgan fingerprint density at radius 3 is 1.84 bits per heavy atom.